The summed E-state index contributed by atoms with van der Waals surface area (Å²) in [6.45, 7) is 3.23. The quantitative estimate of drug-likeness (QED) is 0.834. The van der Waals surface area contributed by atoms with E-state index in [9.17, 15) is 4.79 Å². The van der Waals surface area contributed by atoms with Gasteiger partial charge in [0.05, 0.1) is 10.7 Å². The van der Waals surface area contributed by atoms with Crippen molar-refractivity contribution >= 4 is 34.9 Å². The van der Waals surface area contributed by atoms with E-state index in [2.05, 4.69) is 10.6 Å². The molecule has 1 aromatic carbocycles. The second-order valence-corrected chi connectivity index (χ2v) is 4.99. The van der Waals surface area contributed by atoms with E-state index >= 15 is 0 Å². The smallest absolute Gasteiger partial charge is 0.321 e. The van der Waals surface area contributed by atoms with Crippen molar-refractivity contribution < 1.29 is 4.79 Å². The molecular weight excluding hydrogens is 273 g/mol. The van der Waals surface area contributed by atoms with E-state index in [0.717, 1.165) is 26.1 Å². The van der Waals surface area contributed by atoms with Gasteiger partial charge in [-0.25, -0.2) is 4.79 Å². The van der Waals surface area contributed by atoms with E-state index in [-0.39, 0.29) is 6.03 Å². The summed E-state index contributed by atoms with van der Waals surface area (Å²) in [5.41, 5.74) is 0.586. The first kappa shape index (κ1) is 13.5. The topological polar surface area (TPSA) is 44.4 Å². The molecule has 2 N–H and O–H groups in total. The van der Waals surface area contributed by atoms with Crippen molar-refractivity contribution in [2.75, 3.05) is 31.5 Å². The molecular formula is C12H15Cl2N3O. The van der Waals surface area contributed by atoms with E-state index < -0.39 is 0 Å². The van der Waals surface area contributed by atoms with E-state index in [4.69, 9.17) is 23.2 Å². The van der Waals surface area contributed by atoms with Crippen molar-refractivity contribution in [3.05, 3.63) is 28.2 Å². The van der Waals surface area contributed by atoms with E-state index in [0.29, 0.717) is 22.3 Å². The van der Waals surface area contributed by atoms with Crippen molar-refractivity contribution in [3.8, 4) is 0 Å². The molecule has 0 saturated carbocycles. The first-order chi connectivity index (χ1) is 8.66. The molecule has 1 aliphatic rings. The summed E-state index contributed by atoms with van der Waals surface area (Å²) >= 11 is 11.8. The van der Waals surface area contributed by atoms with Crippen LogP contribution in [-0.2, 0) is 0 Å². The van der Waals surface area contributed by atoms with Crippen LogP contribution in [0.1, 0.15) is 6.42 Å². The lowest BCUT2D eigenvalue weighted by Gasteiger charge is -2.20. The molecule has 6 heteroatoms. The molecule has 0 radical (unpaired) electrons. The summed E-state index contributed by atoms with van der Waals surface area (Å²) in [4.78, 5) is 13.8. The molecule has 0 aliphatic carbocycles. The molecule has 0 unspecified atom stereocenters. The number of anilines is 1. The summed E-state index contributed by atoms with van der Waals surface area (Å²) in [5, 5.41) is 7.05. The summed E-state index contributed by atoms with van der Waals surface area (Å²) in [7, 11) is 0. The van der Waals surface area contributed by atoms with Crippen LogP contribution in [-0.4, -0.2) is 37.1 Å². The Kier molecular flexibility index (Phi) is 4.69. The number of urea groups is 1. The summed E-state index contributed by atoms with van der Waals surface area (Å²) in [6, 6.07) is 4.90. The molecule has 0 atom stereocenters. The van der Waals surface area contributed by atoms with Gasteiger partial charge in [-0.05, 0) is 31.2 Å². The van der Waals surface area contributed by atoms with E-state index in [1.165, 1.54) is 0 Å². The maximum Gasteiger partial charge on any atom is 0.321 e. The number of carbonyl (C=O) groups excluding carboxylic acids is 1. The van der Waals surface area contributed by atoms with Crippen molar-refractivity contribution in [3.63, 3.8) is 0 Å². The van der Waals surface area contributed by atoms with Crippen molar-refractivity contribution in [2.24, 2.45) is 0 Å². The Labute approximate surface area is 116 Å². The number of nitrogens with zero attached hydrogens (tertiary/aromatic N) is 1. The zero-order chi connectivity index (χ0) is 13.0. The number of hydrogen-bond acceptors (Lipinski definition) is 2. The number of amides is 2. The second-order valence-electron chi connectivity index (χ2n) is 4.14. The molecule has 1 heterocycles. The molecule has 0 bridgehead atoms. The van der Waals surface area contributed by atoms with Crippen molar-refractivity contribution in [2.45, 2.75) is 6.42 Å². The van der Waals surface area contributed by atoms with E-state index in [1.807, 2.05) is 0 Å². The van der Waals surface area contributed by atoms with Gasteiger partial charge in [0.1, 0.15) is 0 Å². The minimum Gasteiger partial charge on any atom is -0.323 e. The number of halogens is 2. The van der Waals surface area contributed by atoms with Crippen LogP contribution in [0.5, 0.6) is 0 Å². The van der Waals surface area contributed by atoms with E-state index in [1.54, 1.807) is 23.1 Å². The van der Waals surface area contributed by atoms with Crippen LogP contribution in [0.3, 0.4) is 0 Å². The Morgan fingerprint density at radius 3 is 2.89 bits per heavy atom. The van der Waals surface area contributed by atoms with Crippen molar-refractivity contribution in [1.82, 2.24) is 10.2 Å². The van der Waals surface area contributed by atoms with Gasteiger partial charge in [-0.15, -0.1) is 0 Å². The molecule has 98 valence electrons. The van der Waals surface area contributed by atoms with Crippen LogP contribution in [0, 0.1) is 0 Å². The van der Waals surface area contributed by atoms with Gasteiger partial charge in [0.2, 0.25) is 0 Å². The minimum atomic E-state index is -0.122. The zero-order valence-corrected chi connectivity index (χ0v) is 11.4. The fourth-order valence-corrected chi connectivity index (χ4v) is 2.29. The first-order valence-corrected chi connectivity index (χ1v) is 6.64. The number of hydrogen-bond donors (Lipinski definition) is 2. The Hall–Kier alpha value is -0.970. The highest BCUT2D eigenvalue weighted by atomic mass is 35.5. The molecule has 1 aromatic rings. The summed E-state index contributed by atoms with van der Waals surface area (Å²) in [6.07, 6.45) is 0.960. The lowest BCUT2D eigenvalue weighted by molar-refractivity contribution is 0.215. The highest BCUT2D eigenvalue weighted by Crippen LogP contribution is 2.25. The van der Waals surface area contributed by atoms with Crippen LogP contribution < -0.4 is 10.6 Å². The van der Waals surface area contributed by atoms with Crippen LogP contribution in [0.15, 0.2) is 18.2 Å². The van der Waals surface area contributed by atoms with Crippen LogP contribution >= 0.6 is 23.2 Å². The molecule has 4 nitrogen and oxygen atoms in total. The fourth-order valence-electron chi connectivity index (χ4n) is 1.83. The lowest BCUT2D eigenvalue weighted by Crippen LogP contribution is -2.37. The third-order valence-electron chi connectivity index (χ3n) is 2.80. The van der Waals surface area contributed by atoms with Gasteiger partial charge in [-0.3, -0.25) is 0 Å². The van der Waals surface area contributed by atoms with Crippen LogP contribution in [0.4, 0.5) is 10.5 Å². The molecule has 1 saturated heterocycles. The predicted octanol–water partition coefficient (Wildman–Crippen LogP) is 2.82. The molecule has 18 heavy (non-hydrogen) atoms. The standard InChI is InChI=1S/C12H15Cl2N3O/c13-9-2-3-11(10(14)8-9)16-12(18)17-6-1-4-15-5-7-17/h2-3,8,15H,1,4-7H2,(H,16,18). The van der Waals surface area contributed by atoms with Crippen molar-refractivity contribution in [1.29, 1.82) is 0 Å². The summed E-state index contributed by atoms with van der Waals surface area (Å²) < 4.78 is 0. The van der Waals surface area contributed by atoms with Gasteiger partial charge in [-0.1, -0.05) is 23.2 Å². The number of benzene rings is 1. The molecule has 2 amide bonds. The SMILES string of the molecule is O=C(Nc1ccc(Cl)cc1Cl)N1CCCNCC1. The number of nitrogens with one attached hydrogen (secondary N) is 2. The molecule has 0 spiro atoms. The highest BCUT2D eigenvalue weighted by Gasteiger charge is 2.16. The Morgan fingerprint density at radius 1 is 1.28 bits per heavy atom. The molecule has 0 aromatic heterocycles. The normalized spacial score (nSPS) is 16.2. The maximum absolute atomic E-state index is 12.1. The van der Waals surface area contributed by atoms with Gasteiger partial charge in [0, 0.05) is 24.7 Å². The fraction of sp³-hybridized carbons (Fsp3) is 0.417. The Morgan fingerprint density at radius 2 is 2.11 bits per heavy atom. The van der Waals surface area contributed by atoms with Gasteiger partial charge < -0.3 is 15.5 Å². The predicted molar refractivity (Wildman–Crippen MR) is 74.5 cm³/mol. The number of carbonyl (C=O) groups is 1. The van der Waals surface area contributed by atoms with Crippen LogP contribution in [0.2, 0.25) is 10.0 Å². The third kappa shape index (κ3) is 3.51. The highest BCUT2D eigenvalue weighted by molar-refractivity contribution is 6.36. The monoisotopic (exact) mass is 287 g/mol. The van der Waals surface area contributed by atoms with Gasteiger partial charge in [-0.2, -0.15) is 0 Å². The largest absolute Gasteiger partial charge is 0.323 e. The maximum atomic E-state index is 12.1. The second kappa shape index (κ2) is 6.27. The Bertz CT molecular complexity index is 431. The molecule has 1 aliphatic heterocycles. The first-order valence-electron chi connectivity index (χ1n) is 5.88. The average Bonchev–Trinajstić information content (AvgIpc) is 2.61. The average molecular weight is 288 g/mol. The lowest BCUT2D eigenvalue weighted by atomic mass is 10.3. The van der Waals surface area contributed by atoms with Gasteiger partial charge in [0.25, 0.3) is 0 Å². The minimum absolute atomic E-state index is 0.122. The van der Waals surface area contributed by atoms with Gasteiger partial charge in [0.15, 0.2) is 0 Å². The number of rotatable bonds is 1. The third-order valence-corrected chi connectivity index (χ3v) is 3.35. The summed E-state index contributed by atoms with van der Waals surface area (Å²) in [5.74, 6) is 0. The van der Waals surface area contributed by atoms with Gasteiger partial charge >= 0.3 is 6.03 Å². The zero-order valence-electron chi connectivity index (χ0n) is 9.88. The molecule has 2 rings (SSSR count). The molecule has 1 fully saturated rings. The van der Waals surface area contributed by atoms with Crippen LogP contribution in [0.25, 0.3) is 0 Å². The Balaban J connectivity index is 2.01.